The molecular formula is C13H14ClN5O. The van der Waals surface area contributed by atoms with Crippen molar-refractivity contribution in [2.24, 2.45) is 0 Å². The Morgan fingerprint density at radius 1 is 1.35 bits per heavy atom. The van der Waals surface area contributed by atoms with E-state index in [1.165, 1.54) is 10.7 Å². The largest absolute Gasteiger partial charge is 0.336 e. The van der Waals surface area contributed by atoms with Gasteiger partial charge < -0.3 is 4.90 Å². The SMILES string of the molecule is O=c1cccnn1CC1CCCN1c1ncc(Cl)cn1. The van der Waals surface area contributed by atoms with Gasteiger partial charge in [0.25, 0.3) is 5.56 Å². The predicted molar refractivity (Wildman–Crippen MR) is 75.9 cm³/mol. The average molecular weight is 292 g/mol. The number of aromatic nitrogens is 4. The Labute approximate surface area is 121 Å². The van der Waals surface area contributed by atoms with Crippen molar-refractivity contribution in [1.29, 1.82) is 0 Å². The van der Waals surface area contributed by atoms with Crippen LogP contribution in [-0.2, 0) is 6.54 Å². The van der Waals surface area contributed by atoms with Crippen LogP contribution in [0.15, 0.2) is 35.5 Å². The van der Waals surface area contributed by atoms with E-state index in [4.69, 9.17) is 11.6 Å². The van der Waals surface area contributed by atoms with E-state index < -0.39 is 0 Å². The maximum Gasteiger partial charge on any atom is 0.266 e. The summed E-state index contributed by atoms with van der Waals surface area (Å²) in [5, 5.41) is 4.62. The Bertz CT molecular complexity index is 642. The molecular weight excluding hydrogens is 278 g/mol. The number of halogens is 1. The van der Waals surface area contributed by atoms with Crippen LogP contribution in [0.4, 0.5) is 5.95 Å². The van der Waals surface area contributed by atoms with Gasteiger partial charge in [-0.25, -0.2) is 14.6 Å². The lowest BCUT2D eigenvalue weighted by Gasteiger charge is -2.24. The molecule has 20 heavy (non-hydrogen) atoms. The highest BCUT2D eigenvalue weighted by atomic mass is 35.5. The molecule has 2 aromatic rings. The second-order valence-electron chi connectivity index (χ2n) is 4.73. The minimum Gasteiger partial charge on any atom is -0.336 e. The third-order valence-electron chi connectivity index (χ3n) is 3.41. The van der Waals surface area contributed by atoms with Gasteiger partial charge in [-0.2, -0.15) is 5.10 Å². The lowest BCUT2D eigenvalue weighted by Crippen LogP contribution is -2.37. The van der Waals surface area contributed by atoms with Crippen molar-refractivity contribution >= 4 is 17.5 Å². The van der Waals surface area contributed by atoms with Gasteiger partial charge in [0.2, 0.25) is 5.95 Å². The van der Waals surface area contributed by atoms with Gasteiger partial charge in [0.15, 0.2) is 0 Å². The molecule has 1 saturated heterocycles. The summed E-state index contributed by atoms with van der Waals surface area (Å²) >= 11 is 5.81. The highest BCUT2D eigenvalue weighted by Crippen LogP contribution is 2.23. The van der Waals surface area contributed by atoms with Crippen LogP contribution >= 0.6 is 11.6 Å². The van der Waals surface area contributed by atoms with Crippen molar-refractivity contribution in [2.75, 3.05) is 11.4 Å². The van der Waals surface area contributed by atoms with Crippen LogP contribution in [-0.4, -0.2) is 32.3 Å². The van der Waals surface area contributed by atoms with E-state index in [-0.39, 0.29) is 11.6 Å². The summed E-state index contributed by atoms with van der Waals surface area (Å²) in [7, 11) is 0. The summed E-state index contributed by atoms with van der Waals surface area (Å²) in [6, 6.07) is 3.35. The fraction of sp³-hybridized carbons (Fsp3) is 0.385. The molecule has 0 N–H and O–H groups in total. The van der Waals surface area contributed by atoms with Crippen molar-refractivity contribution in [3.05, 3.63) is 46.1 Å². The summed E-state index contributed by atoms with van der Waals surface area (Å²) in [4.78, 5) is 22.3. The summed E-state index contributed by atoms with van der Waals surface area (Å²) in [6.45, 7) is 1.43. The Hall–Kier alpha value is -1.95. The van der Waals surface area contributed by atoms with Gasteiger partial charge >= 0.3 is 0 Å². The molecule has 0 saturated carbocycles. The molecule has 7 heteroatoms. The van der Waals surface area contributed by atoms with E-state index in [2.05, 4.69) is 20.0 Å². The van der Waals surface area contributed by atoms with Crippen LogP contribution in [0.2, 0.25) is 5.02 Å². The van der Waals surface area contributed by atoms with Crippen LogP contribution in [0.5, 0.6) is 0 Å². The highest BCUT2D eigenvalue weighted by molar-refractivity contribution is 6.30. The maximum atomic E-state index is 11.7. The second-order valence-corrected chi connectivity index (χ2v) is 5.17. The third-order valence-corrected chi connectivity index (χ3v) is 3.60. The van der Waals surface area contributed by atoms with Gasteiger partial charge in [-0.1, -0.05) is 11.6 Å². The fourth-order valence-electron chi connectivity index (χ4n) is 2.47. The Kier molecular flexibility index (Phi) is 3.64. The second kappa shape index (κ2) is 5.58. The molecule has 2 aromatic heterocycles. The summed E-state index contributed by atoms with van der Waals surface area (Å²) < 4.78 is 1.49. The topological polar surface area (TPSA) is 63.9 Å². The number of rotatable bonds is 3. The van der Waals surface area contributed by atoms with Gasteiger partial charge in [0.1, 0.15) is 0 Å². The summed E-state index contributed by atoms with van der Waals surface area (Å²) in [5.74, 6) is 0.654. The first-order valence-electron chi connectivity index (χ1n) is 6.50. The van der Waals surface area contributed by atoms with Gasteiger partial charge in [0, 0.05) is 18.8 Å². The van der Waals surface area contributed by atoms with E-state index in [1.54, 1.807) is 24.7 Å². The number of nitrogens with zero attached hydrogens (tertiary/aromatic N) is 5. The summed E-state index contributed by atoms with van der Waals surface area (Å²) in [6.07, 6.45) is 6.85. The molecule has 3 heterocycles. The van der Waals surface area contributed by atoms with Crippen molar-refractivity contribution in [1.82, 2.24) is 19.7 Å². The third kappa shape index (κ3) is 2.65. The van der Waals surface area contributed by atoms with E-state index in [0.29, 0.717) is 17.5 Å². The van der Waals surface area contributed by atoms with Crippen molar-refractivity contribution in [2.45, 2.75) is 25.4 Å². The lowest BCUT2D eigenvalue weighted by molar-refractivity contribution is 0.485. The predicted octanol–water partition coefficient (Wildman–Crippen LogP) is 1.36. The molecule has 1 unspecified atom stereocenters. The quantitative estimate of drug-likeness (QED) is 0.854. The normalized spacial score (nSPS) is 18.4. The first kappa shape index (κ1) is 13.1. The monoisotopic (exact) mass is 291 g/mol. The zero-order valence-electron chi connectivity index (χ0n) is 10.8. The van der Waals surface area contributed by atoms with E-state index in [9.17, 15) is 4.79 Å². The number of hydrogen-bond donors (Lipinski definition) is 0. The Morgan fingerprint density at radius 2 is 2.15 bits per heavy atom. The standard InChI is InChI=1S/C13H14ClN5O/c14-10-7-15-13(16-8-10)18-6-2-3-11(18)9-19-12(20)4-1-5-17-19/h1,4-5,7-8,11H,2-3,6,9H2. The molecule has 1 fully saturated rings. The maximum absolute atomic E-state index is 11.7. The average Bonchev–Trinajstić information content (AvgIpc) is 2.90. The lowest BCUT2D eigenvalue weighted by atomic mass is 10.2. The molecule has 0 bridgehead atoms. The first-order chi connectivity index (χ1) is 9.74. The molecule has 104 valence electrons. The smallest absolute Gasteiger partial charge is 0.266 e. The highest BCUT2D eigenvalue weighted by Gasteiger charge is 2.27. The molecule has 0 amide bonds. The zero-order chi connectivity index (χ0) is 13.9. The molecule has 1 aliphatic heterocycles. The molecule has 0 aliphatic carbocycles. The van der Waals surface area contributed by atoms with Crippen molar-refractivity contribution < 1.29 is 0 Å². The minimum absolute atomic E-state index is 0.0867. The molecule has 6 nitrogen and oxygen atoms in total. The van der Waals surface area contributed by atoms with Crippen LogP contribution in [0.3, 0.4) is 0 Å². The molecule has 0 aromatic carbocycles. The zero-order valence-corrected chi connectivity index (χ0v) is 11.6. The van der Waals surface area contributed by atoms with Crippen molar-refractivity contribution in [3.8, 4) is 0 Å². The van der Waals surface area contributed by atoms with E-state index >= 15 is 0 Å². The van der Waals surface area contributed by atoms with Gasteiger partial charge in [-0.05, 0) is 18.9 Å². The molecule has 1 atom stereocenters. The van der Waals surface area contributed by atoms with E-state index in [0.717, 1.165) is 19.4 Å². The first-order valence-corrected chi connectivity index (χ1v) is 6.88. The van der Waals surface area contributed by atoms with Crippen LogP contribution in [0, 0.1) is 0 Å². The molecule has 0 spiro atoms. The Morgan fingerprint density at radius 3 is 2.90 bits per heavy atom. The summed E-state index contributed by atoms with van der Waals surface area (Å²) in [5.41, 5.74) is -0.0867. The number of hydrogen-bond acceptors (Lipinski definition) is 5. The van der Waals surface area contributed by atoms with Crippen LogP contribution in [0.1, 0.15) is 12.8 Å². The van der Waals surface area contributed by atoms with E-state index in [1.807, 2.05) is 0 Å². The van der Waals surface area contributed by atoms with Crippen LogP contribution < -0.4 is 10.5 Å². The van der Waals surface area contributed by atoms with Crippen LogP contribution in [0.25, 0.3) is 0 Å². The van der Waals surface area contributed by atoms with Crippen molar-refractivity contribution in [3.63, 3.8) is 0 Å². The molecule has 1 aliphatic rings. The molecule has 3 rings (SSSR count). The number of anilines is 1. The van der Waals surface area contributed by atoms with Gasteiger partial charge in [0.05, 0.1) is 30.0 Å². The fourth-order valence-corrected chi connectivity index (χ4v) is 2.56. The molecule has 0 radical (unpaired) electrons. The minimum atomic E-state index is -0.0867. The van der Waals surface area contributed by atoms with Gasteiger partial charge in [-0.15, -0.1) is 0 Å². The van der Waals surface area contributed by atoms with Gasteiger partial charge in [-0.3, -0.25) is 4.79 Å². The Balaban J connectivity index is 1.81.